The predicted molar refractivity (Wildman–Crippen MR) is 74.6 cm³/mol. The fourth-order valence-corrected chi connectivity index (χ4v) is 2.14. The van der Waals surface area contributed by atoms with Gasteiger partial charge in [0.15, 0.2) is 5.78 Å². The Labute approximate surface area is 119 Å². The number of allylic oxidation sites excluding steroid dienone is 1. The predicted octanol–water partition coefficient (Wildman–Crippen LogP) is 1.77. The van der Waals surface area contributed by atoms with Crippen molar-refractivity contribution in [2.75, 3.05) is 6.61 Å². The molecule has 0 aliphatic carbocycles. The van der Waals surface area contributed by atoms with E-state index in [0.29, 0.717) is 10.6 Å². The van der Waals surface area contributed by atoms with E-state index in [1.54, 1.807) is 36.4 Å². The van der Waals surface area contributed by atoms with Crippen LogP contribution in [0.2, 0.25) is 0 Å². The van der Waals surface area contributed by atoms with E-state index in [0.717, 1.165) is 5.56 Å². The van der Waals surface area contributed by atoms with Crippen LogP contribution in [0, 0.1) is 0 Å². The second-order valence-electron chi connectivity index (χ2n) is 3.90. The van der Waals surface area contributed by atoms with Crippen molar-refractivity contribution in [3.8, 4) is 5.75 Å². The van der Waals surface area contributed by atoms with E-state index in [4.69, 9.17) is 4.74 Å². The van der Waals surface area contributed by atoms with Gasteiger partial charge in [-0.05, 0) is 35.2 Å². The number of carbonyl (C=O) groups is 2. The lowest BCUT2D eigenvalue weighted by Gasteiger charge is -2.06. The maximum absolute atomic E-state index is 11.8. The number of carbonyl (C=O) groups excluding carboxylic acids is 2. The fraction of sp³-hybridized carbons (Fsp3) is 0.0667. The molecule has 0 saturated carbocycles. The van der Waals surface area contributed by atoms with Gasteiger partial charge in [0.1, 0.15) is 12.4 Å². The minimum atomic E-state index is -1.27. The van der Waals surface area contributed by atoms with Crippen LogP contribution < -0.4 is 9.84 Å². The summed E-state index contributed by atoms with van der Waals surface area (Å²) >= 11 is 1.40. The number of ketones is 1. The quantitative estimate of drug-likeness (QED) is 0.600. The number of hydrogen-bond acceptors (Lipinski definition) is 5. The molecule has 0 aliphatic rings. The maximum atomic E-state index is 11.8. The average molecular weight is 287 g/mol. The Kier molecular flexibility index (Phi) is 4.68. The summed E-state index contributed by atoms with van der Waals surface area (Å²) < 4.78 is 4.96. The maximum Gasteiger partial charge on any atom is 0.195 e. The average Bonchev–Trinajstić information content (AvgIpc) is 2.98. The molecule has 2 rings (SSSR count). The van der Waals surface area contributed by atoms with Gasteiger partial charge in [-0.15, -0.1) is 11.3 Å². The number of carboxylic acids is 1. The third-order valence-corrected chi connectivity index (χ3v) is 3.31. The Morgan fingerprint density at radius 3 is 2.55 bits per heavy atom. The lowest BCUT2D eigenvalue weighted by Crippen LogP contribution is -2.28. The molecule has 0 radical (unpaired) electrons. The van der Waals surface area contributed by atoms with E-state index in [1.165, 1.54) is 17.4 Å². The van der Waals surface area contributed by atoms with Crippen molar-refractivity contribution in [2.45, 2.75) is 0 Å². The zero-order chi connectivity index (χ0) is 14.4. The van der Waals surface area contributed by atoms with Crippen LogP contribution in [0.4, 0.5) is 0 Å². The molecule has 0 atom stereocenters. The molecule has 20 heavy (non-hydrogen) atoms. The van der Waals surface area contributed by atoms with Crippen LogP contribution in [-0.4, -0.2) is 18.4 Å². The van der Waals surface area contributed by atoms with Gasteiger partial charge < -0.3 is 14.6 Å². The van der Waals surface area contributed by atoms with Crippen molar-refractivity contribution >= 4 is 29.2 Å². The highest BCUT2D eigenvalue weighted by atomic mass is 32.1. The topological polar surface area (TPSA) is 66.4 Å². The largest absolute Gasteiger partial charge is 0.546 e. The number of rotatable bonds is 6. The molecule has 1 aromatic carbocycles. The van der Waals surface area contributed by atoms with E-state index in [2.05, 4.69) is 0 Å². The second-order valence-corrected chi connectivity index (χ2v) is 4.85. The SMILES string of the molecule is O=C([O-])COc1ccc(/C=C/C(=O)c2cccs2)cc1. The molecule has 0 spiro atoms. The Morgan fingerprint density at radius 2 is 1.95 bits per heavy atom. The number of benzene rings is 1. The monoisotopic (exact) mass is 287 g/mol. The van der Waals surface area contributed by atoms with Crippen molar-refractivity contribution in [2.24, 2.45) is 0 Å². The van der Waals surface area contributed by atoms with Gasteiger partial charge in [0.2, 0.25) is 0 Å². The van der Waals surface area contributed by atoms with E-state index in [1.807, 2.05) is 11.4 Å². The number of ether oxygens (including phenoxy) is 1. The highest BCUT2D eigenvalue weighted by Gasteiger charge is 2.01. The van der Waals surface area contributed by atoms with E-state index >= 15 is 0 Å². The van der Waals surface area contributed by atoms with Gasteiger partial charge in [-0.3, -0.25) is 4.79 Å². The molecule has 0 fully saturated rings. The van der Waals surface area contributed by atoms with Crippen LogP contribution in [0.3, 0.4) is 0 Å². The Morgan fingerprint density at radius 1 is 1.20 bits per heavy atom. The Balaban J connectivity index is 1.96. The third kappa shape index (κ3) is 4.07. The highest BCUT2D eigenvalue weighted by Crippen LogP contribution is 2.14. The van der Waals surface area contributed by atoms with Crippen molar-refractivity contribution in [1.82, 2.24) is 0 Å². The molecule has 2 aromatic rings. The molecule has 102 valence electrons. The number of thiophene rings is 1. The van der Waals surface area contributed by atoms with Gasteiger partial charge in [0.25, 0.3) is 0 Å². The molecule has 1 heterocycles. The molecule has 0 unspecified atom stereocenters. The molecule has 0 bridgehead atoms. The number of aliphatic carboxylic acids is 1. The smallest absolute Gasteiger partial charge is 0.195 e. The van der Waals surface area contributed by atoms with Crippen LogP contribution in [0.1, 0.15) is 15.2 Å². The zero-order valence-corrected chi connectivity index (χ0v) is 11.3. The van der Waals surface area contributed by atoms with E-state index in [-0.39, 0.29) is 5.78 Å². The van der Waals surface area contributed by atoms with Crippen molar-refractivity contribution in [3.63, 3.8) is 0 Å². The van der Waals surface area contributed by atoms with Gasteiger partial charge in [-0.1, -0.05) is 24.3 Å². The summed E-state index contributed by atoms with van der Waals surface area (Å²) in [7, 11) is 0. The zero-order valence-electron chi connectivity index (χ0n) is 10.4. The molecule has 4 nitrogen and oxygen atoms in total. The van der Waals surface area contributed by atoms with Gasteiger partial charge in [-0.2, -0.15) is 0 Å². The van der Waals surface area contributed by atoms with Crippen molar-refractivity contribution in [3.05, 3.63) is 58.3 Å². The first-order chi connectivity index (χ1) is 9.65. The molecular weight excluding hydrogens is 276 g/mol. The molecule has 0 N–H and O–H groups in total. The molecule has 5 heteroatoms. The minimum absolute atomic E-state index is 0.0442. The van der Waals surface area contributed by atoms with Crippen molar-refractivity contribution in [1.29, 1.82) is 0 Å². The van der Waals surface area contributed by atoms with Gasteiger partial charge in [0, 0.05) is 0 Å². The highest BCUT2D eigenvalue weighted by molar-refractivity contribution is 7.12. The first-order valence-corrected chi connectivity index (χ1v) is 6.72. The molecule has 1 aromatic heterocycles. The summed E-state index contributed by atoms with van der Waals surface area (Å²) in [6, 6.07) is 10.4. The number of carboxylic acid groups (broad SMARTS) is 1. The van der Waals surface area contributed by atoms with E-state index < -0.39 is 12.6 Å². The fourth-order valence-electron chi connectivity index (χ4n) is 1.49. The van der Waals surface area contributed by atoms with Crippen LogP contribution >= 0.6 is 11.3 Å². The molecule has 0 aliphatic heterocycles. The first kappa shape index (κ1) is 14.0. The molecule has 0 saturated heterocycles. The van der Waals surface area contributed by atoms with Crippen LogP contribution in [0.5, 0.6) is 5.75 Å². The van der Waals surface area contributed by atoms with Crippen LogP contribution in [0.25, 0.3) is 6.08 Å². The van der Waals surface area contributed by atoms with Gasteiger partial charge >= 0.3 is 0 Å². The Bertz CT molecular complexity index is 612. The lowest BCUT2D eigenvalue weighted by molar-refractivity contribution is -0.307. The standard InChI is InChI=1S/C15H12O4S/c16-13(14-2-1-9-20-14)8-5-11-3-6-12(7-4-11)19-10-15(17)18/h1-9H,10H2,(H,17,18)/p-1/b8-5+. The number of hydrogen-bond donors (Lipinski definition) is 0. The van der Waals surface area contributed by atoms with Crippen LogP contribution in [-0.2, 0) is 4.79 Å². The normalized spacial score (nSPS) is 10.6. The Hall–Kier alpha value is -2.40. The molecular formula is C15H11O4S-. The summed E-state index contributed by atoms with van der Waals surface area (Å²) in [5.41, 5.74) is 0.829. The minimum Gasteiger partial charge on any atom is -0.546 e. The van der Waals surface area contributed by atoms with Gasteiger partial charge in [-0.25, -0.2) is 0 Å². The third-order valence-electron chi connectivity index (χ3n) is 2.43. The van der Waals surface area contributed by atoms with E-state index in [9.17, 15) is 14.7 Å². The van der Waals surface area contributed by atoms with Crippen LogP contribution in [0.15, 0.2) is 47.9 Å². The van der Waals surface area contributed by atoms with Crippen molar-refractivity contribution < 1.29 is 19.4 Å². The summed E-state index contributed by atoms with van der Waals surface area (Å²) in [5, 5.41) is 12.1. The summed E-state index contributed by atoms with van der Waals surface area (Å²) in [6.45, 7) is -0.480. The summed E-state index contributed by atoms with van der Waals surface area (Å²) in [6.07, 6.45) is 3.20. The molecule has 0 amide bonds. The summed E-state index contributed by atoms with van der Waals surface area (Å²) in [5.74, 6) is -0.872. The summed E-state index contributed by atoms with van der Waals surface area (Å²) in [4.78, 5) is 22.7. The first-order valence-electron chi connectivity index (χ1n) is 5.84. The second kappa shape index (κ2) is 6.68. The van der Waals surface area contributed by atoms with Gasteiger partial charge in [0.05, 0.1) is 10.8 Å². The lowest BCUT2D eigenvalue weighted by atomic mass is 10.2.